The molecule has 0 aliphatic carbocycles. The summed E-state index contributed by atoms with van der Waals surface area (Å²) in [7, 11) is 0. The summed E-state index contributed by atoms with van der Waals surface area (Å²) in [5, 5.41) is 14.3. The van der Waals surface area contributed by atoms with E-state index in [9.17, 15) is 9.59 Å². The first kappa shape index (κ1) is 18.0. The van der Waals surface area contributed by atoms with Gasteiger partial charge in [0, 0.05) is 0 Å². The number of carbonyl (C=O) groups excluding carboxylic acids is 2. The molecule has 6 nitrogen and oxygen atoms in total. The summed E-state index contributed by atoms with van der Waals surface area (Å²) in [6, 6.07) is 15.6. The van der Waals surface area contributed by atoms with Gasteiger partial charge in [0.05, 0.1) is 23.0 Å². The van der Waals surface area contributed by atoms with Gasteiger partial charge in [0.2, 0.25) is 11.8 Å². The molecule has 2 aromatic carbocycles. The molecule has 0 fully saturated rings. The van der Waals surface area contributed by atoms with E-state index in [2.05, 4.69) is 10.6 Å². The number of ether oxygens (including phenoxy) is 1. The largest absolute Gasteiger partial charge is 0.489 e. The molecule has 0 atom stereocenters. The highest BCUT2D eigenvalue weighted by Gasteiger charge is 2.14. The molecular weight excluding hydrogens is 318 g/mol. The van der Waals surface area contributed by atoms with Gasteiger partial charge in [-0.3, -0.25) is 9.59 Å². The van der Waals surface area contributed by atoms with Gasteiger partial charge in [-0.2, -0.15) is 5.26 Å². The molecule has 0 spiro atoms. The lowest BCUT2D eigenvalue weighted by molar-refractivity contribution is -0.123. The quantitative estimate of drug-likeness (QED) is 0.791. The van der Waals surface area contributed by atoms with E-state index in [0.717, 1.165) is 0 Å². The average Bonchev–Trinajstić information content (AvgIpc) is 2.56. The van der Waals surface area contributed by atoms with E-state index >= 15 is 0 Å². The Morgan fingerprint density at radius 3 is 2.20 bits per heavy atom. The number of hydrogen-bond donors (Lipinski definition) is 2. The van der Waals surface area contributed by atoms with Gasteiger partial charge < -0.3 is 15.4 Å². The van der Waals surface area contributed by atoms with Gasteiger partial charge in [-0.05, 0) is 38.1 Å². The van der Waals surface area contributed by atoms with Crippen molar-refractivity contribution in [2.45, 2.75) is 26.4 Å². The highest BCUT2D eigenvalue weighted by atomic mass is 16.5. The lowest BCUT2D eigenvalue weighted by atomic mass is 10.2. The van der Waals surface area contributed by atoms with Crippen LogP contribution in [0.15, 0.2) is 48.5 Å². The summed E-state index contributed by atoms with van der Waals surface area (Å²) < 4.78 is 5.63. The monoisotopic (exact) mass is 337 g/mol. The number of carbonyl (C=O) groups is 2. The number of anilines is 2. The lowest BCUT2D eigenvalue weighted by Crippen LogP contribution is -2.22. The molecule has 0 aromatic heterocycles. The third-order valence-electron chi connectivity index (χ3n) is 3.17. The maximum absolute atomic E-state index is 12.1. The maximum Gasteiger partial charge on any atom is 0.233 e. The van der Waals surface area contributed by atoms with Crippen molar-refractivity contribution in [1.29, 1.82) is 5.26 Å². The van der Waals surface area contributed by atoms with Gasteiger partial charge >= 0.3 is 0 Å². The van der Waals surface area contributed by atoms with Crippen molar-refractivity contribution in [2.24, 2.45) is 0 Å². The topological polar surface area (TPSA) is 91.2 Å². The number of para-hydroxylation sites is 3. The van der Waals surface area contributed by atoms with Crippen LogP contribution in [0, 0.1) is 11.3 Å². The second kappa shape index (κ2) is 8.50. The summed E-state index contributed by atoms with van der Waals surface area (Å²) >= 11 is 0. The standard InChI is InChI=1S/C19H19N3O3/c1-13(2)25-17-10-6-5-9-16(17)22-19(24)11-18(23)21-15-8-4-3-7-14(15)12-20/h3-10,13H,11H2,1-2H3,(H,21,23)(H,22,24). The van der Waals surface area contributed by atoms with Crippen LogP contribution >= 0.6 is 0 Å². The summed E-state index contributed by atoms with van der Waals surface area (Å²) in [6.07, 6.45) is -0.403. The minimum absolute atomic E-state index is 0.0381. The zero-order chi connectivity index (χ0) is 18.2. The number of benzene rings is 2. The van der Waals surface area contributed by atoms with Crippen molar-refractivity contribution in [1.82, 2.24) is 0 Å². The first-order valence-electron chi connectivity index (χ1n) is 7.84. The number of amides is 2. The van der Waals surface area contributed by atoms with Crippen LogP contribution in [0.1, 0.15) is 25.8 Å². The molecule has 0 bridgehead atoms. The van der Waals surface area contributed by atoms with Crippen molar-refractivity contribution in [3.05, 3.63) is 54.1 Å². The number of nitrogens with zero attached hydrogens (tertiary/aromatic N) is 1. The third kappa shape index (κ3) is 5.36. The van der Waals surface area contributed by atoms with Gasteiger partial charge in [0.15, 0.2) is 0 Å². The molecule has 2 aromatic rings. The molecule has 0 saturated heterocycles. The zero-order valence-corrected chi connectivity index (χ0v) is 14.1. The van der Waals surface area contributed by atoms with Crippen molar-refractivity contribution in [3.8, 4) is 11.8 Å². The van der Waals surface area contributed by atoms with Crippen LogP contribution < -0.4 is 15.4 Å². The Balaban J connectivity index is 1.99. The molecule has 0 aliphatic heterocycles. The highest BCUT2D eigenvalue weighted by molar-refractivity contribution is 6.08. The van der Waals surface area contributed by atoms with Crippen LogP contribution in [-0.4, -0.2) is 17.9 Å². The van der Waals surface area contributed by atoms with Crippen LogP contribution in [0.4, 0.5) is 11.4 Å². The van der Waals surface area contributed by atoms with Gasteiger partial charge in [-0.1, -0.05) is 24.3 Å². The molecule has 0 saturated carbocycles. The lowest BCUT2D eigenvalue weighted by Gasteiger charge is -2.14. The zero-order valence-electron chi connectivity index (χ0n) is 14.1. The number of nitrogens with one attached hydrogen (secondary N) is 2. The molecule has 0 unspecified atom stereocenters. The van der Waals surface area contributed by atoms with Gasteiger partial charge in [0.1, 0.15) is 18.2 Å². The Labute approximate surface area is 146 Å². The summed E-state index contributed by atoms with van der Waals surface area (Å²) in [5.74, 6) is -0.421. The van der Waals surface area contributed by atoms with Crippen molar-refractivity contribution >= 4 is 23.2 Å². The molecule has 2 rings (SSSR count). The summed E-state index contributed by atoms with van der Waals surface area (Å²) in [6.45, 7) is 3.78. The van der Waals surface area contributed by atoms with Crippen molar-refractivity contribution in [2.75, 3.05) is 10.6 Å². The maximum atomic E-state index is 12.1. The van der Waals surface area contributed by atoms with Gasteiger partial charge in [0.25, 0.3) is 0 Å². The van der Waals surface area contributed by atoms with Crippen molar-refractivity contribution < 1.29 is 14.3 Å². The van der Waals surface area contributed by atoms with E-state index in [1.807, 2.05) is 19.9 Å². The number of hydrogen-bond acceptors (Lipinski definition) is 4. The molecule has 0 radical (unpaired) electrons. The van der Waals surface area contributed by atoms with Crippen LogP contribution in [0.2, 0.25) is 0 Å². The van der Waals surface area contributed by atoms with E-state index in [0.29, 0.717) is 22.7 Å². The van der Waals surface area contributed by atoms with E-state index in [4.69, 9.17) is 10.00 Å². The second-order valence-electron chi connectivity index (χ2n) is 5.59. The van der Waals surface area contributed by atoms with Gasteiger partial charge in [-0.25, -0.2) is 0 Å². The average molecular weight is 337 g/mol. The molecule has 0 aliphatic rings. The van der Waals surface area contributed by atoms with Crippen LogP contribution in [0.5, 0.6) is 5.75 Å². The van der Waals surface area contributed by atoms with Crippen molar-refractivity contribution in [3.63, 3.8) is 0 Å². The Kier molecular flexibility index (Phi) is 6.13. The first-order chi connectivity index (χ1) is 12.0. The fourth-order valence-electron chi connectivity index (χ4n) is 2.15. The molecule has 25 heavy (non-hydrogen) atoms. The summed E-state index contributed by atoms with van der Waals surface area (Å²) in [5.41, 5.74) is 1.23. The highest BCUT2D eigenvalue weighted by Crippen LogP contribution is 2.25. The number of rotatable bonds is 6. The van der Waals surface area contributed by atoms with E-state index < -0.39 is 11.8 Å². The molecule has 6 heteroatoms. The smallest absolute Gasteiger partial charge is 0.233 e. The van der Waals surface area contributed by atoms with E-state index in [-0.39, 0.29) is 12.5 Å². The molecule has 0 heterocycles. The Morgan fingerprint density at radius 2 is 1.56 bits per heavy atom. The normalized spacial score (nSPS) is 10.0. The molecule has 2 N–H and O–H groups in total. The first-order valence-corrected chi connectivity index (χ1v) is 7.84. The SMILES string of the molecule is CC(C)Oc1ccccc1NC(=O)CC(=O)Nc1ccccc1C#N. The predicted molar refractivity (Wildman–Crippen MR) is 95.2 cm³/mol. The Bertz CT molecular complexity index is 810. The Morgan fingerprint density at radius 1 is 1.00 bits per heavy atom. The minimum atomic E-state index is -0.498. The Hall–Kier alpha value is -3.33. The fraction of sp³-hybridized carbons (Fsp3) is 0.211. The third-order valence-corrected chi connectivity index (χ3v) is 3.17. The van der Waals surface area contributed by atoms with Crippen LogP contribution in [-0.2, 0) is 9.59 Å². The molecule has 128 valence electrons. The molecule has 2 amide bonds. The van der Waals surface area contributed by atoms with Crippen LogP contribution in [0.3, 0.4) is 0 Å². The van der Waals surface area contributed by atoms with E-state index in [1.165, 1.54) is 0 Å². The second-order valence-corrected chi connectivity index (χ2v) is 5.59. The van der Waals surface area contributed by atoms with E-state index in [1.54, 1.807) is 48.5 Å². The van der Waals surface area contributed by atoms with Gasteiger partial charge in [-0.15, -0.1) is 0 Å². The minimum Gasteiger partial charge on any atom is -0.489 e. The number of nitriles is 1. The fourth-order valence-corrected chi connectivity index (χ4v) is 2.15. The molecular formula is C19H19N3O3. The summed E-state index contributed by atoms with van der Waals surface area (Å²) in [4.78, 5) is 24.1. The van der Waals surface area contributed by atoms with Crippen LogP contribution in [0.25, 0.3) is 0 Å². The predicted octanol–water partition coefficient (Wildman–Crippen LogP) is 3.31.